The van der Waals surface area contributed by atoms with Crippen LogP contribution >= 0.6 is 0 Å². The Bertz CT molecular complexity index is 921. The van der Waals surface area contributed by atoms with Gasteiger partial charge in [0.1, 0.15) is 5.60 Å². The van der Waals surface area contributed by atoms with Gasteiger partial charge in [0.05, 0.1) is 24.3 Å². The van der Waals surface area contributed by atoms with Crippen LogP contribution in [0.15, 0.2) is 48.5 Å². The molecule has 0 bridgehead atoms. The van der Waals surface area contributed by atoms with Crippen molar-refractivity contribution in [3.8, 4) is 0 Å². The van der Waals surface area contributed by atoms with Gasteiger partial charge in [-0.25, -0.2) is 0 Å². The van der Waals surface area contributed by atoms with Gasteiger partial charge in [-0.05, 0) is 42.2 Å². The number of ether oxygens (including phenoxy) is 1. The Morgan fingerprint density at radius 1 is 0.879 bits per heavy atom. The van der Waals surface area contributed by atoms with Crippen LogP contribution in [0.5, 0.6) is 0 Å². The van der Waals surface area contributed by atoms with Crippen molar-refractivity contribution in [2.24, 2.45) is 5.41 Å². The Balaban J connectivity index is 2.25. The highest BCUT2D eigenvalue weighted by molar-refractivity contribution is 5.71. The van der Waals surface area contributed by atoms with Crippen LogP contribution in [0.1, 0.15) is 48.9 Å². The largest absolute Gasteiger partial charge is 0.550 e. The first-order valence-corrected chi connectivity index (χ1v) is 9.90. The summed E-state index contributed by atoms with van der Waals surface area (Å²) in [7, 11) is 0. The molecule has 0 unspecified atom stereocenters. The number of alkyl halides is 6. The van der Waals surface area contributed by atoms with Crippen LogP contribution in [0, 0.1) is 5.41 Å². The van der Waals surface area contributed by atoms with E-state index in [-0.39, 0.29) is 24.5 Å². The van der Waals surface area contributed by atoms with E-state index in [1.807, 2.05) is 0 Å². The number of rotatable bonds is 9. The summed E-state index contributed by atoms with van der Waals surface area (Å²) >= 11 is 0. The van der Waals surface area contributed by atoms with Gasteiger partial charge in [0, 0.05) is 11.4 Å². The number of benzene rings is 2. The minimum absolute atomic E-state index is 0.0197. The third-order valence-corrected chi connectivity index (χ3v) is 5.28. The van der Waals surface area contributed by atoms with E-state index in [1.165, 1.54) is 13.8 Å². The smallest absolute Gasteiger partial charge is 0.416 e. The van der Waals surface area contributed by atoms with Crippen LogP contribution in [0.3, 0.4) is 0 Å². The van der Waals surface area contributed by atoms with Gasteiger partial charge in [0.15, 0.2) is 0 Å². The van der Waals surface area contributed by atoms with Crippen molar-refractivity contribution in [1.29, 1.82) is 0 Å². The molecule has 2 aromatic rings. The van der Waals surface area contributed by atoms with Crippen LogP contribution in [0.25, 0.3) is 0 Å². The fraction of sp³-hybridized carbons (Fsp3) is 0.435. The van der Waals surface area contributed by atoms with Crippen molar-refractivity contribution in [2.75, 3.05) is 6.61 Å². The molecule has 0 heterocycles. The Kier molecular flexibility index (Phi) is 7.86. The lowest BCUT2D eigenvalue weighted by Crippen LogP contribution is -2.40. The van der Waals surface area contributed by atoms with Gasteiger partial charge in [-0.15, -0.1) is 0 Å². The molecule has 1 atom stereocenters. The Hall–Kier alpha value is -2.59. The normalized spacial score (nSPS) is 14.7. The molecule has 0 aliphatic carbocycles. The highest BCUT2D eigenvalue weighted by Crippen LogP contribution is 2.37. The number of hydrogen-bond donors (Lipinski definition) is 1. The van der Waals surface area contributed by atoms with E-state index in [0.29, 0.717) is 17.7 Å². The Morgan fingerprint density at radius 2 is 1.39 bits per heavy atom. The number of aliphatic carboxylic acids is 1. The average molecular weight is 477 g/mol. The van der Waals surface area contributed by atoms with Crippen LogP contribution < -0.4 is 5.11 Å². The Labute approximate surface area is 186 Å². The maximum atomic E-state index is 13.0. The summed E-state index contributed by atoms with van der Waals surface area (Å²) in [6.45, 7) is 1.70. The molecule has 1 N–H and O–H groups in total. The van der Waals surface area contributed by atoms with Gasteiger partial charge >= 0.3 is 12.4 Å². The van der Waals surface area contributed by atoms with Crippen molar-refractivity contribution >= 4 is 5.97 Å². The molecular weight excluding hydrogens is 454 g/mol. The van der Waals surface area contributed by atoms with E-state index < -0.39 is 53.7 Å². The SMILES string of the molecule is CC(C)(CC[C@@](O)(COCc1cc(C(F)(F)F)cc(C(F)(F)F)c1)c1ccccc1)C(=O)[O-]. The molecule has 0 spiro atoms. The van der Waals surface area contributed by atoms with E-state index in [0.717, 1.165) is 0 Å². The lowest BCUT2D eigenvalue weighted by Gasteiger charge is -2.33. The summed E-state index contributed by atoms with van der Waals surface area (Å²) in [5, 5.41) is 22.5. The van der Waals surface area contributed by atoms with E-state index in [1.54, 1.807) is 30.3 Å². The Morgan fingerprint density at radius 3 is 1.85 bits per heavy atom. The molecule has 0 saturated carbocycles. The monoisotopic (exact) mass is 477 g/mol. The molecule has 2 aromatic carbocycles. The highest BCUT2D eigenvalue weighted by atomic mass is 19.4. The molecule has 0 aromatic heterocycles. The maximum absolute atomic E-state index is 13.0. The van der Waals surface area contributed by atoms with Crippen LogP contribution in [-0.2, 0) is 34.1 Å². The minimum atomic E-state index is -4.99. The predicted molar refractivity (Wildman–Crippen MR) is 104 cm³/mol. The summed E-state index contributed by atoms with van der Waals surface area (Å²) in [4.78, 5) is 11.3. The number of carbonyl (C=O) groups is 1. The minimum Gasteiger partial charge on any atom is -0.550 e. The van der Waals surface area contributed by atoms with Crippen molar-refractivity contribution in [1.82, 2.24) is 0 Å². The van der Waals surface area contributed by atoms with Crippen molar-refractivity contribution in [3.05, 3.63) is 70.8 Å². The third-order valence-electron chi connectivity index (χ3n) is 5.28. The summed E-state index contributed by atoms with van der Waals surface area (Å²) in [5.74, 6) is -1.33. The number of halogens is 6. The van der Waals surface area contributed by atoms with Gasteiger partial charge < -0.3 is 19.7 Å². The molecular formula is C23H23F6O4-. The molecule has 0 saturated heterocycles. The number of hydrogen-bond acceptors (Lipinski definition) is 4. The standard InChI is InChI=1S/C23H24F6O4/c1-20(2,19(30)31)8-9-21(32,16-6-4-3-5-7-16)14-33-13-15-10-17(22(24,25)26)12-18(11-15)23(27,28)29/h3-7,10-12,32H,8-9,13-14H2,1-2H3,(H,30,31)/p-1/t21-/m1/s1. The fourth-order valence-corrected chi connectivity index (χ4v) is 3.11. The average Bonchev–Trinajstić information content (AvgIpc) is 2.71. The zero-order valence-corrected chi connectivity index (χ0v) is 17.9. The summed E-state index contributed by atoms with van der Waals surface area (Å²) < 4.78 is 83.6. The van der Waals surface area contributed by atoms with Gasteiger partial charge in [-0.1, -0.05) is 44.2 Å². The second-order valence-electron chi connectivity index (χ2n) is 8.48. The molecule has 0 radical (unpaired) electrons. The van der Waals surface area contributed by atoms with Crippen LogP contribution in [-0.4, -0.2) is 17.7 Å². The highest BCUT2D eigenvalue weighted by Gasteiger charge is 2.37. The molecule has 182 valence electrons. The lowest BCUT2D eigenvalue weighted by molar-refractivity contribution is -0.318. The van der Waals surface area contributed by atoms with E-state index in [9.17, 15) is 41.4 Å². The van der Waals surface area contributed by atoms with E-state index in [2.05, 4.69) is 0 Å². The first kappa shape index (κ1) is 26.7. The zero-order chi connectivity index (χ0) is 25.1. The van der Waals surface area contributed by atoms with Gasteiger partial charge in [-0.3, -0.25) is 0 Å². The zero-order valence-electron chi connectivity index (χ0n) is 17.9. The van der Waals surface area contributed by atoms with Crippen molar-refractivity contribution < 1.29 is 46.1 Å². The quantitative estimate of drug-likeness (QED) is 0.533. The van der Waals surface area contributed by atoms with Gasteiger partial charge in [0.2, 0.25) is 0 Å². The summed E-state index contributed by atoms with van der Waals surface area (Å²) in [5.41, 5.74) is -5.97. The van der Waals surface area contributed by atoms with Crippen LogP contribution in [0.2, 0.25) is 0 Å². The van der Waals surface area contributed by atoms with Crippen molar-refractivity contribution in [2.45, 2.75) is 51.2 Å². The number of carboxylic acid groups (broad SMARTS) is 1. The fourth-order valence-electron chi connectivity index (χ4n) is 3.11. The molecule has 0 aliphatic heterocycles. The second kappa shape index (κ2) is 9.72. The molecule has 33 heavy (non-hydrogen) atoms. The molecule has 0 aliphatic rings. The number of aliphatic hydroxyl groups is 1. The van der Waals surface area contributed by atoms with Crippen molar-refractivity contribution in [3.63, 3.8) is 0 Å². The maximum Gasteiger partial charge on any atom is 0.416 e. The van der Waals surface area contributed by atoms with Gasteiger partial charge in [-0.2, -0.15) is 26.3 Å². The number of carboxylic acids is 1. The predicted octanol–water partition coefficient (Wildman–Crippen LogP) is 4.68. The molecule has 0 fully saturated rings. The first-order valence-electron chi connectivity index (χ1n) is 9.90. The van der Waals surface area contributed by atoms with E-state index >= 15 is 0 Å². The second-order valence-corrected chi connectivity index (χ2v) is 8.48. The summed E-state index contributed by atoms with van der Waals surface area (Å²) in [6.07, 6.45) is -10.1. The van der Waals surface area contributed by atoms with Crippen LogP contribution in [0.4, 0.5) is 26.3 Å². The molecule has 2 rings (SSSR count). The molecule has 4 nitrogen and oxygen atoms in total. The lowest BCUT2D eigenvalue weighted by atomic mass is 9.80. The number of carbonyl (C=O) groups excluding carboxylic acids is 1. The molecule has 10 heteroatoms. The first-order chi connectivity index (χ1) is 15.0. The van der Waals surface area contributed by atoms with E-state index in [4.69, 9.17) is 4.74 Å². The third kappa shape index (κ3) is 7.20. The van der Waals surface area contributed by atoms with Gasteiger partial charge in [0.25, 0.3) is 0 Å². The topological polar surface area (TPSA) is 69.6 Å². The molecule has 0 amide bonds. The summed E-state index contributed by atoms with van der Waals surface area (Å²) in [6, 6.07) is 9.15.